The second-order valence-corrected chi connectivity index (χ2v) is 4.40. The van der Waals surface area contributed by atoms with E-state index in [-0.39, 0.29) is 6.10 Å². The second kappa shape index (κ2) is 5.12. The predicted molar refractivity (Wildman–Crippen MR) is 64.8 cm³/mol. The molecular weight excluding hydrogens is 200 g/mol. The summed E-state index contributed by atoms with van der Waals surface area (Å²) in [4.78, 5) is 3.94. The molecule has 0 saturated carbocycles. The van der Waals surface area contributed by atoms with Crippen LogP contribution in [0, 0.1) is 5.92 Å². The zero-order valence-electron chi connectivity index (χ0n) is 9.34. The molecule has 0 aliphatic heterocycles. The number of nitrogens with zero attached hydrogens (tertiary/aromatic N) is 1. The van der Waals surface area contributed by atoms with E-state index >= 15 is 0 Å². The highest BCUT2D eigenvalue weighted by Crippen LogP contribution is 2.23. The van der Waals surface area contributed by atoms with Crippen molar-refractivity contribution in [2.45, 2.75) is 31.8 Å². The van der Waals surface area contributed by atoms with Crippen LogP contribution in [-0.2, 0) is 6.42 Å². The maximum Gasteiger partial charge on any atom is 0.123 e. The van der Waals surface area contributed by atoms with Gasteiger partial charge in [-0.2, -0.15) is 0 Å². The minimum Gasteiger partial charge on any atom is -0.392 e. The first-order valence-electron chi connectivity index (χ1n) is 5.79. The third-order valence-corrected chi connectivity index (χ3v) is 3.14. The van der Waals surface area contributed by atoms with Crippen molar-refractivity contribution in [2.75, 3.05) is 5.73 Å². The maximum atomic E-state index is 10.1. The van der Waals surface area contributed by atoms with Crippen molar-refractivity contribution in [2.24, 2.45) is 5.92 Å². The van der Waals surface area contributed by atoms with Gasteiger partial charge >= 0.3 is 0 Å². The van der Waals surface area contributed by atoms with Crippen LogP contribution >= 0.6 is 0 Å². The Kier molecular flexibility index (Phi) is 3.57. The van der Waals surface area contributed by atoms with Gasteiger partial charge in [0.05, 0.1) is 6.10 Å². The third-order valence-electron chi connectivity index (χ3n) is 3.14. The van der Waals surface area contributed by atoms with Crippen molar-refractivity contribution in [3.05, 3.63) is 36.0 Å². The van der Waals surface area contributed by atoms with Gasteiger partial charge in [0.15, 0.2) is 0 Å². The van der Waals surface area contributed by atoms with Crippen molar-refractivity contribution in [3.8, 4) is 0 Å². The summed E-state index contributed by atoms with van der Waals surface area (Å²) in [6.45, 7) is 0. The van der Waals surface area contributed by atoms with Gasteiger partial charge < -0.3 is 10.8 Å². The van der Waals surface area contributed by atoms with Crippen LogP contribution in [0.4, 0.5) is 5.82 Å². The summed E-state index contributed by atoms with van der Waals surface area (Å²) in [6.07, 6.45) is 9.60. The molecule has 1 heterocycles. The molecule has 1 aromatic rings. The Bertz CT molecular complexity index is 376. The van der Waals surface area contributed by atoms with Crippen LogP contribution in [0.1, 0.15) is 24.8 Å². The molecule has 0 radical (unpaired) electrons. The van der Waals surface area contributed by atoms with E-state index in [0.29, 0.717) is 18.2 Å². The summed E-state index contributed by atoms with van der Waals surface area (Å²) in [5, 5.41) is 10.1. The number of hydrogen-bond donors (Lipinski definition) is 2. The highest BCUT2D eigenvalue weighted by Gasteiger charge is 2.19. The number of hydrogen-bond acceptors (Lipinski definition) is 3. The molecular formula is C13H18N2O. The number of anilines is 1. The van der Waals surface area contributed by atoms with Crippen molar-refractivity contribution in [1.29, 1.82) is 0 Å². The molecule has 86 valence electrons. The van der Waals surface area contributed by atoms with Crippen LogP contribution in [0.3, 0.4) is 0 Å². The summed E-state index contributed by atoms with van der Waals surface area (Å²) in [7, 11) is 0. The van der Waals surface area contributed by atoms with E-state index in [2.05, 4.69) is 17.1 Å². The topological polar surface area (TPSA) is 59.1 Å². The minimum absolute atomic E-state index is 0.272. The minimum atomic E-state index is -0.272. The fourth-order valence-corrected chi connectivity index (χ4v) is 2.20. The van der Waals surface area contributed by atoms with Crippen LogP contribution in [-0.4, -0.2) is 16.2 Å². The van der Waals surface area contributed by atoms with Gasteiger partial charge in [-0.05, 0) is 49.3 Å². The van der Waals surface area contributed by atoms with Crippen molar-refractivity contribution >= 4 is 5.82 Å². The molecule has 0 spiro atoms. The van der Waals surface area contributed by atoms with E-state index in [4.69, 9.17) is 5.73 Å². The highest BCUT2D eigenvalue weighted by atomic mass is 16.3. The lowest BCUT2D eigenvalue weighted by Crippen LogP contribution is -2.23. The van der Waals surface area contributed by atoms with E-state index in [9.17, 15) is 5.11 Å². The first-order valence-corrected chi connectivity index (χ1v) is 5.79. The van der Waals surface area contributed by atoms with Gasteiger partial charge in [0.2, 0.25) is 0 Å². The smallest absolute Gasteiger partial charge is 0.123 e. The van der Waals surface area contributed by atoms with Gasteiger partial charge in [0, 0.05) is 6.20 Å². The zero-order chi connectivity index (χ0) is 11.4. The van der Waals surface area contributed by atoms with Gasteiger partial charge in [-0.3, -0.25) is 0 Å². The largest absolute Gasteiger partial charge is 0.392 e. The number of pyridine rings is 1. The van der Waals surface area contributed by atoms with Crippen molar-refractivity contribution < 1.29 is 5.11 Å². The van der Waals surface area contributed by atoms with Gasteiger partial charge in [0.1, 0.15) is 5.82 Å². The Balaban J connectivity index is 1.96. The molecule has 0 bridgehead atoms. The molecule has 3 heteroatoms. The predicted octanol–water partition coefficient (Wildman–Crippen LogP) is 1.92. The van der Waals surface area contributed by atoms with Crippen molar-refractivity contribution in [3.63, 3.8) is 0 Å². The Morgan fingerprint density at radius 2 is 2.38 bits per heavy atom. The van der Waals surface area contributed by atoms with Crippen LogP contribution in [0.15, 0.2) is 30.5 Å². The van der Waals surface area contributed by atoms with Crippen LogP contribution in [0.2, 0.25) is 0 Å². The Hall–Kier alpha value is -1.35. The molecule has 2 unspecified atom stereocenters. The molecule has 1 aromatic heterocycles. The average Bonchev–Trinajstić information content (AvgIpc) is 2.30. The lowest BCUT2D eigenvalue weighted by atomic mass is 9.87. The summed E-state index contributed by atoms with van der Waals surface area (Å²) in [6, 6.07) is 3.75. The number of aromatic nitrogens is 1. The lowest BCUT2D eigenvalue weighted by molar-refractivity contribution is 0.102. The second-order valence-electron chi connectivity index (χ2n) is 4.40. The Morgan fingerprint density at radius 3 is 3.06 bits per heavy atom. The molecule has 3 nitrogen and oxygen atoms in total. The average molecular weight is 218 g/mol. The van der Waals surface area contributed by atoms with Crippen LogP contribution in [0.25, 0.3) is 0 Å². The van der Waals surface area contributed by atoms with E-state index in [0.717, 1.165) is 24.8 Å². The van der Waals surface area contributed by atoms with E-state index in [1.54, 1.807) is 6.20 Å². The molecule has 3 N–H and O–H groups in total. The fourth-order valence-electron chi connectivity index (χ4n) is 2.20. The van der Waals surface area contributed by atoms with Gasteiger partial charge in [-0.25, -0.2) is 4.98 Å². The first-order chi connectivity index (χ1) is 7.75. The summed E-state index contributed by atoms with van der Waals surface area (Å²) < 4.78 is 0. The number of rotatable bonds is 3. The Morgan fingerprint density at radius 1 is 1.50 bits per heavy atom. The summed E-state index contributed by atoms with van der Waals surface area (Å²) >= 11 is 0. The van der Waals surface area contributed by atoms with Crippen LogP contribution in [0.5, 0.6) is 0 Å². The van der Waals surface area contributed by atoms with E-state index in [1.807, 2.05) is 12.1 Å². The number of aliphatic hydroxyl groups excluding tert-OH is 1. The molecule has 1 aliphatic carbocycles. The lowest BCUT2D eigenvalue weighted by Gasteiger charge is -2.23. The number of allylic oxidation sites excluding steroid dienone is 2. The first kappa shape index (κ1) is 11.1. The number of nitrogen functional groups attached to an aromatic ring is 1. The number of aliphatic hydroxyl groups is 1. The van der Waals surface area contributed by atoms with Crippen molar-refractivity contribution in [1.82, 2.24) is 4.98 Å². The molecule has 2 atom stereocenters. The molecule has 16 heavy (non-hydrogen) atoms. The quantitative estimate of drug-likeness (QED) is 0.762. The normalized spacial score (nSPS) is 21.9. The summed E-state index contributed by atoms with van der Waals surface area (Å²) in [5.41, 5.74) is 6.67. The molecule has 0 aromatic carbocycles. The zero-order valence-corrected chi connectivity index (χ0v) is 9.34. The molecule has 0 amide bonds. The number of nitrogens with two attached hydrogens (primary N) is 1. The van der Waals surface area contributed by atoms with Crippen LogP contribution < -0.4 is 5.73 Å². The molecule has 2 rings (SSSR count). The molecule has 0 fully saturated rings. The van der Waals surface area contributed by atoms with E-state index in [1.165, 1.54) is 0 Å². The Labute approximate surface area is 96.0 Å². The molecule has 0 saturated heterocycles. The highest BCUT2D eigenvalue weighted by molar-refractivity contribution is 5.32. The van der Waals surface area contributed by atoms with Gasteiger partial charge in [-0.1, -0.05) is 12.2 Å². The SMILES string of the molecule is Nc1cc(CC(O)C2CC=CCC2)ccn1. The van der Waals surface area contributed by atoms with E-state index < -0.39 is 0 Å². The fraction of sp³-hybridized carbons (Fsp3) is 0.462. The van der Waals surface area contributed by atoms with Gasteiger partial charge in [-0.15, -0.1) is 0 Å². The standard InChI is InChI=1S/C13H18N2O/c14-13-9-10(6-7-15-13)8-12(16)11-4-2-1-3-5-11/h1-2,6-7,9,11-12,16H,3-5,8H2,(H2,14,15). The maximum absolute atomic E-state index is 10.1. The third kappa shape index (κ3) is 2.83. The monoisotopic (exact) mass is 218 g/mol. The summed E-state index contributed by atoms with van der Waals surface area (Å²) in [5.74, 6) is 0.910. The molecule has 1 aliphatic rings. The van der Waals surface area contributed by atoms with Gasteiger partial charge in [0.25, 0.3) is 0 Å².